The third-order valence-corrected chi connectivity index (χ3v) is 3.31. The Hall–Kier alpha value is -2.56. The summed E-state index contributed by atoms with van der Waals surface area (Å²) in [5.74, 6) is -1.20. The van der Waals surface area contributed by atoms with Gasteiger partial charge in [0.2, 0.25) is 11.8 Å². The van der Waals surface area contributed by atoms with Gasteiger partial charge in [0.1, 0.15) is 0 Å². The zero-order valence-corrected chi connectivity index (χ0v) is 14.7. The molecule has 0 aliphatic carbocycles. The number of amides is 2. The molecule has 0 saturated carbocycles. The van der Waals surface area contributed by atoms with Crippen molar-refractivity contribution in [2.24, 2.45) is 0 Å². The Morgan fingerprint density at radius 1 is 1.23 bits per heavy atom. The van der Waals surface area contributed by atoms with Crippen LogP contribution in [0.15, 0.2) is 39.5 Å². The first-order chi connectivity index (χ1) is 12.2. The van der Waals surface area contributed by atoms with E-state index >= 15 is 0 Å². The van der Waals surface area contributed by atoms with Gasteiger partial charge in [-0.2, -0.15) is 13.2 Å². The zero-order valence-electron chi connectivity index (χ0n) is 13.1. The van der Waals surface area contributed by atoms with Gasteiger partial charge in [-0.3, -0.25) is 9.59 Å². The van der Waals surface area contributed by atoms with Crippen molar-refractivity contribution in [1.82, 2.24) is 15.6 Å². The number of furan rings is 1. The molecule has 0 aliphatic rings. The second-order valence-electron chi connectivity index (χ2n) is 4.97. The monoisotopic (exact) mass is 435 g/mol. The summed E-state index contributed by atoms with van der Waals surface area (Å²) in [5.41, 5.74) is 0.492. The van der Waals surface area contributed by atoms with Crippen LogP contribution in [0.3, 0.4) is 0 Å². The number of rotatable bonds is 7. The normalized spacial score (nSPS) is 11.1. The van der Waals surface area contributed by atoms with Gasteiger partial charge in [0.05, 0.1) is 6.54 Å². The van der Waals surface area contributed by atoms with Crippen LogP contribution in [0.5, 0.6) is 5.88 Å². The maximum Gasteiger partial charge on any atom is 0.422 e. The van der Waals surface area contributed by atoms with Crippen LogP contribution >= 0.6 is 15.9 Å². The van der Waals surface area contributed by atoms with Gasteiger partial charge in [-0.25, -0.2) is 4.98 Å². The highest BCUT2D eigenvalue weighted by molar-refractivity contribution is 9.10. The average Bonchev–Trinajstić information content (AvgIpc) is 3.02. The van der Waals surface area contributed by atoms with Gasteiger partial charge >= 0.3 is 6.18 Å². The van der Waals surface area contributed by atoms with Crippen LogP contribution in [-0.2, 0) is 11.3 Å². The van der Waals surface area contributed by atoms with Gasteiger partial charge in [0.15, 0.2) is 17.0 Å². The van der Waals surface area contributed by atoms with Crippen molar-refractivity contribution < 1.29 is 31.9 Å². The van der Waals surface area contributed by atoms with Crippen molar-refractivity contribution in [3.8, 4) is 5.88 Å². The molecule has 0 bridgehead atoms. The highest BCUT2D eigenvalue weighted by Crippen LogP contribution is 2.17. The van der Waals surface area contributed by atoms with E-state index in [2.05, 4.69) is 36.3 Å². The maximum atomic E-state index is 12.1. The highest BCUT2D eigenvalue weighted by Gasteiger charge is 2.28. The van der Waals surface area contributed by atoms with Crippen LogP contribution in [0.25, 0.3) is 0 Å². The van der Waals surface area contributed by atoms with E-state index in [4.69, 9.17) is 4.42 Å². The van der Waals surface area contributed by atoms with E-state index in [1.54, 1.807) is 0 Å². The van der Waals surface area contributed by atoms with Gasteiger partial charge in [0, 0.05) is 18.8 Å². The zero-order chi connectivity index (χ0) is 19.2. The maximum absolute atomic E-state index is 12.1. The second kappa shape index (κ2) is 8.70. The lowest BCUT2D eigenvalue weighted by Crippen LogP contribution is -2.36. The Morgan fingerprint density at radius 3 is 2.65 bits per heavy atom. The molecule has 2 N–H and O–H groups in total. The first kappa shape index (κ1) is 19.8. The van der Waals surface area contributed by atoms with Crippen LogP contribution < -0.4 is 15.4 Å². The molecule has 0 unspecified atom stereocenters. The van der Waals surface area contributed by atoms with Gasteiger partial charge in [0.25, 0.3) is 5.91 Å². The molecule has 2 rings (SSSR count). The van der Waals surface area contributed by atoms with Gasteiger partial charge in [-0.15, -0.1) is 0 Å². The van der Waals surface area contributed by atoms with E-state index in [9.17, 15) is 22.8 Å². The Bertz CT molecular complexity index is 779. The number of hydrogen-bond donors (Lipinski definition) is 2. The molecule has 0 aromatic carbocycles. The van der Waals surface area contributed by atoms with E-state index in [0.29, 0.717) is 10.2 Å². The van der Waals surface area contributed by atoms with Crippen molar-refractivity contribution in [3.63, 3.8) is 0 Å². The average molecular weight is 436 g/mol. The van der Waals surface area contributed by atoms with Gasteiger partial charge in [-0.05, 0) is 39.7 Å². The van der Waals surface area contributed by atoms with Crippen LogP contribution in [-0.4, -0.2) is 36.1 Å². The number of carbonyl (C=O) groups is 2. The van der Waals surface area contributed by atoms with Crippen LogP contribution in [0.4, 0.5) is 13.2 Å². The topological polar surface area (TPSA) is 93.5 Å². The third kappa shape index (κ3) is 6.75. The summed E-state index contributed by atoms with van der Waals surface area (Å²) >= 11 is 3.06. The number of ether oxygens (including phenoxy) is 1. The molecule has 2 amide bonds. The fourth-order valence-electron chi connectivity index (χ4n) is 1.74. The van der Waals surface area contributed by atoms with Crippen molar-refractivity contribution in [1.29, 1.82) is 0 Å². The molecule has 26 heavy (non-hydrogen) atoms. The summed E-state index contributed by atoms with van der Waals surface area (Å²) in [6.07, 6.45) is -3.20. The number of nitrogens with one attached hydrogen (secondary N) is 2. The minimum absolute atomic E-state index is 0.0336. The molecule has 0 spiro atoms. The molecule has 0 aliphatic heterocycles. The molecule has 0 fully saturated rings. The van der Waals surface area contributed by atoms with E-state index < -0.39 is 24.6 Å². The third-order valence-electron chi connectivity index (χ3n) is 2.88. The van der Waals surface area contributed by atoms with Crippen LogP contribution in [0.2, 0.25) is 0 Å². The van der Waals surface area contributed by atoms with Crippen molar-refractivity contribution in [2.75, 3.05) is 13.2 Å². The number of carbonyl (C=O) groups excluding carboxylic acids is 2. The fraction of sp³-hybridized carbons (Fsp3) is 0.267. The summed E-state index contributed by atoms with van der Waals surface area (Å²) in [6.45, 7) is -1.71. The molecule has 7 nitrogen and oxygen atoms in total. The Balaban J connectivity index is 1.77. The number of aromatic nitrogens is 1. The minimum atomic E-state index is -4.46. The summed E-state index contributed by atoms with van der Waals surface area (Å²) in [7, 11) is 0. The molecule has 2 aromatic rings. The number of alkyl halides is 3. The van der Waals surface area contributed by atoms with Crippen molar-refractivity contribution >= 4 is 27.7 Å². The predicted octanol–water partition coefficient (Wildman–Crippen LogP) is 2.42. The minimum Gasteiger partial charge on any atom is -0.468 e. The van der Waals surface area contributed by atoms with Gasteiger partial charge in [-0.1, -0.05) is 0 Å². The van der Waals surface area contributed by atoms with Gasteiger partial charge < -0.3 is 19.8 Å². The Morgan fingerprint density at radius 2 is 2.00 bits per heavy atom. The van der Waals surface area contributed by atoms with E-state index in [0.717, 1.165) is 0 Å². The molecule has 0 atom stereocenters. The first-order valence-electron chi connectivity index (χ1n) is 7.17. The fourth-order valence-corrected chi connectivity index (χ4v) is 2.05. The smallest absolute Gasteiger partial charge is 0.422 e. The molecule has 140 valence electrons. The quantitative estimate of drug-likeness (QED) is 0.696. The summed E-state index contributed by atoms with van der Waals surface area (Å²) in [4.78, 5) is 27.1. The van der Waals surface area contributed by atoms with Crippen molar-refractivity contribution in [2.45, 2.75) is 12.7 Å². The first-order valence-corrected chi connectivity index (χ1v) is 7.97. The molecular weight excluding hydrogens is 423 g/mol. The number of pyridine rings is 1. The van der Waals surface area contributed by atoms with E-state index in [-0.39, 0.29) is 24.7 Å². The highest BCUT2D eigenvalue weighted by atomic mass is 79.9. The number of nitrogens with zero attached hydrogens (tertiary/aromatic N) is 1. The summed E-state index contributed by atoms with van der Waals surface area (Å²) < 4.78 is 46.3. The van der Waals surface area contributed by atoms with Crippen molar-refractivity contribution in [3.05, 3.63) is 46.5 Å². The lowest BCUT2D eigenvalue weighted by molar-refractivity contribution is -0.154. The summed E-state index contributed by atoms with van der Waals surface area (Å²) in [5, 5.41) is 4.88. The SMILES string of the molecule is O=C(CNC(=O)c1ccc(Br)o1)NCc1ccnc(OCC(F)(F)F)c1. The van der Waals surface area contributed by atoms with E-state index in [1.165, 1.54) is 30.5 Å². The Labute approximate surface area is 154 Å². The summed E-state index contributed by atoms with van der Waals surface area (Å²) in [6, 6.07) is 5.78. The number of halogens is 4. The van der Waals surface area contributed by atoms with Crippen LogP contribution in [0.1, 0.15) is 16.1 Å². The molecule has 2 aromatic heterocycles. The largest absolute Gasteiger partial charge is 0.468 e. The standard InChI is InChI=1S/C15H13BrF3N3O4/c16-11-2-1-10(26-11)14(24)22-7-12(23)21-6-9-3-4-20-13(5-9)25-8-15(17,18)19/h1-5H,6-8H2,(H,21,23)(H,22,24). The lowest BCUT2D eigenvalue weighted by Gasteiger charge is -2.10. The molecule has 0 radical (unpaired) electrons. The molecule has 11 heteroatoms. The predicted molar refractivity (Wildman–Crippen MR) is 86.4 cm³/mol. The van der Waals surface area contributed by atoms with Crippen LogP contribution in [0, 0.1) is 0 Å². The molecule has 2 heterocycles. The molecular formula is C15H13BrF3N3O4. The number of hydrogen-bond acceptors (Lipinski definition) is 5. The van der Waals surface area contributed by atoms with E-state index in [1.807, 2.05) is 0 Å². The molecule has 0 saturated heterocycles. The lowest BCUT2D eigenvalue weighted by atomic mass is 10.2. The second-order valence-corrected chi connectivity index (χ2v) is 5.75. The Kier molecular flexibility index (Phi) is 6.61.